The number of hydrogen-bond donors (Lipinski definition) is 2. The second-order valence-electron chi connectivity index (χ2n) is 5.82. The van der Waals surface area contributed by atoms with Gasteiger partial charge in [-0.1, -0.05) is 11.6 Å². The third kappa shape index (κ3) is 3.55. The van der Waals surface area contributed by atoms with E-state index < -0.39 is 47.6 Å². The quantitative estimate of drug-likeness (QED) is 0.755. The van der Waals surface area contributed by atoms with Gasteiger partial charge in [-0.05, 0) is 35.9 Å². The summed E-state index contributed by atoms with van der Waals surface area (Å²) < 4.78 is 60.2. The molecule has 142 valence electrons. The number of fused-ring (bicyclic) bond motifs is 1. The van der Waals surface area contributed by atoms with Gasteiger partial charge in [-0.2, -0.15) is 0 Å². The van der Waals surface area contributed by atoms with Crippen LogP contribution in [0.25, 0.3) is 0 Å². The van der Waals surface area contributed by atoms with Crippen molar-refractivity contribution in [2.75, 3.05) is 5.32 Å². The predicted molar refractivity (Wildman–Crippen MR) is 87.8 cm³/mol. The minimum atomic E-state index is -3.65. The van der Waals surface area contributed by atoms with Crippen LogP contribution in [0.3, 0.4) is 0 Å². The van der Waals surface area contributed by atoms with Crippen molar-refractivity contribution in [2.45, 2.75) is 18.4 Å². The number of nitrogens with two attached hydrogens (primary N) is 1. The molecule has 3 N–H and O–H groups in total. The van der Waals surface area contributed by atoms with Crippen LogP contribution < -0.4 is 11.1 Å². The van der Waals surface area contributed by atoms with Crippen LogP contribution in [-0.4, -0.2) is 17.9 Å². The third-order valence-corrected chi connectivity index (χ3v) is 4.31. The number of benzene rings is 2. The number of carbonyl (C=O) groups excluding carboxylic acids is 2. The molecule has 1 atom stereocenters. The number of ether oxygens (including phenoxy) is 1. The molecule has 5 nitrogen and oxygen atoms in total. The van der Waals surface area contributed by atoms with Crippen LogP contribution in [0.5, 0.6) is 0 Å². The molecule has 0 aliphatic heterocycles. The molecule has 0 saturated carbocycles. The summed E-state index contributed by atoms with van der Waals surface area (Å²) in [6, 6.07) is 5.20. The van der Waals surface area contributed by atoms with Gasteiger partial charge in [-0.3, -0.25) is 4.79 Å². The molecule has 1 aliphatic rings. The maximum atomic E-state index is 14.2. The summed E-state index contributed by atoms with van der Waals surface area (Å²) in [5.41, 5.74) is 3.73. The van der Waals surface area contributed by atoms with Crippen molar-refractivity contribution in [2.24, 2.45) is 5.73 Å². The number of amides is 2. The molecule has 0 fully saturated rings. The smallest absolute Gasteiger partial charge is 0.405 e. The van der Waals surface area contributed by atoms with E-state index in [1.54, 1.807) is 0 Å². The molecule has 27 heavy (non-hydrogen) atoms. The van der Waals surface area contributed by atoms with E-state index in [-0.39, 0.29) is 21.8 Å². The Morgan fingerprint density at radius 2 is 1.85 bits per heavy atom. The molecular formula is C17H11ClF4N2O3. The number of carbonyl (C=O) groups is 2. The van der Waals surface area contributed by atoms with Gasteiger partial charge in [-0.25, -0.2) is 22.4 Å². The summed E-state index contributed by atoms with van der Waals surface area (Å²) in [6.45, 7) is 0. The average molecular weight is 403 g/mol. The second-order valence-corrected chi connectivity index (χ2v) is 6.23. The summed E-state index contributed by atoms with van der Waals surface area (Å²) in [5.74, 6) is -6.25. The predicted octanol–water partition coefficient (Wildman–Crippen LogP) is 4.20. The summed E-state index contributed by atoms with van der Waals surface area (Å²) in [6.07, 6.45) is -4.76. The number of hydrogen-bond acceptors (Lipinski definition) is 3. The summed E-state index contributed by atoms with van der Waals surface area (Å²) in [7, 11) is 0. The maximum Gasteiger partial charge on any atom is 0.405 e. The highest BCUT2D eigenvalue weighted by molar-refractivity contribution is 6.31. The lowest BCUT2D eigenvalue weighted by Crippen LogP contribution is -2.29. The topological polar surface area (TPSA) is 81.4 Å². The molecule has 3 rings (SSSR count). The zero-order valence-electron chi connectivity index (χ0n) is 13.4. The number of rotatable bonds is 3. The minimum absolute atomic E-state index is 0.110. The van der Waals surface area contributed by atoms with E-state index in [4.69, 9.17) is 17.3 Å². The van der Waals surface area contributed by atoms with Gasteiger partial charge in [0.1, 0.15) is 11.6 Å². The monoisotopic (exact) mass is 402 g/mol. The molecule has 2 aromatic rings. The van der Waals surface area contributed by atoms with E-state index in [0.717, 1.165) is 24.3 Å². The highest BCUT2D eigenvalue weighted by Crippen LogP contribution is 2.47. The molecule has 0 heterocycles. The van der Waals surface area contributed by atoms with Crippen LogP contribution in [0.2, 0.25) is 5.02 Å². The standard InChI is InChI=1S/C17H11ClF4N2O3/c18-10-5-7(1-3-11(10)19)24-15(25)8-2-4-12(20)13-9(8)6-17(21,22)14(13)27-16(23)26/h1-5,14H,6H2,(H2,23,26)(H,24,25). The van der Waals surface area contributed by atoms with Crippen LogP contribution in [0.1, 0.15) is 27.6 Å². The van der Waals surface area contributed by atoms with Crippen LogP contribution in [0.4, 0.5) is 28.0 Å². The molecule has 2 amide bonds. The van der Waals surface area contributed by atoms with Gasteiger partial charge in [-0.15, -0.1) is 0 Å². The Balaban J connectivity index is 1.99. The number of nitrogens with one attached hydrogen (secondary N) is 1. The van der Waals surface area contributed by atoms with E-state index in [1.807, 2.05) is 0 Å². The van der Waals surface area contributed by atoms with Crippen LogP contribution in [0.15, 0.2) is 30.3 Å². The van der Waals surface area contributed by atoms with E-state index >= 15 is 0 Å². The third-order valence-electron chi connectivity index (χ3n) is 4.02. The first-order valence-electron chi connectivity index (χ1n) is 7.51. The molecule has 0 saturated heterocycles. The lowest BCUT2D eigenvalue weighted by atomic mass is 10.0. The van der Waals surface area contributed by atoms with E-state index in [9.17, 15) is 27.2 Å². The first-order valence-corrected chi connectivity index (χ1v) is 7.89. The summed E-state index contributed by atoms with van der Waals surface area (Å²) >= 11 is 5.63. The zero-order valence-corrected chi connectivity index (χ0v) is 14.1. The van der Waals surface area contributed by atoms with Gasteiger partial charge in [0.25, 0.3) is 11.8 Å². The van der Waals surface area contributed by atoms with Crippen molar-refractivity contribution in [1.82, 2.24) is 0 Å². The summed E-state index contributed by atoms with van der Waals surface area (Å²) in [4.78, 5) is 23.4. The van der Waals surface area contributed by atoms with Gasteiger partial charge in [0.05, 0.1) is 5.02 Å². The fourth-order valence-corrected chi connectivity index (χ4v) is 3.08. The first kappa shape index (κ1) is 19.0. The van der Waals surface area contributed by atoms with Crippen LogP contribution in [0, 0.1) is 11.6 Å². The Hall–Kier alpha value is -2.81. The highest BCUT2D eigenvalue weighted by atomic mass is 35.5. The minimum Gasteiger partial charge on any atom is -0.435 e. The van der Waals surface area contributed by atoms with Gasteiger partial charge >= 0.3 is 6.09 Å². The largest absolute Gasteiger partial charge is 0.435 e. The van der Waals surface area contributed by atoms with Crippen molar-refractivity contribution in [3.05, 3.63) is 63.7 Å². The van der Waals surface area contributed by atoms with E-state index in [2.05, 4.69) is 10.1 Å². The SMILES string of the molecule is NC(=O)OC1c2c(F)ccc(C(=O)Nc3ccc(F)c(Cl)c3)c2CC1(F)F. The van der Waals surface area contributed by atoms with Gasteiger partial charge < -0.3 is 15.8 Å². The molecule has 1 unspecified atom stereocenters. The highest BCUT2D eigenvalue weighted by Gasteiger charge is 2.53. The molecule has 0 bridgehead atoms. The molecule has 10 heteroatoms. The van der Waals surface area contributed by atoms with Crippen molar-refractivity contribution in [3.8, 4) is 0 Å². The Labute approximate surface area is 155 Å². The summed E-state index contributed by atoms with van der Waals surface area (Å²) in [5, 5.41) is 2.12. The van der Waals surface area contributed by atoms with Crippen LogP contribution >= 0.6 is 11.6 Å². The molecule has 0 aromatic heterocycles. The second kappa shape index (κ2) is 6.73. The number of alkyl halides is 2. The number of primary amides is 1. The lowest BCUT2D eigenvalue weighted by Gasteiger charge is -2.19. The van der Waals surface area contributed by atoms with Crippen molar-refractivity contribution in [3.63, 3.8) is 0 Å². The van der Waals surface area contributed by atoms with Crippen LogP contribution in [-0.2, 0) is 11.2 Å². The van der Waals surface area contributed by atoms with Crippen molar-refractivity contribution in [1.29, 1.82) is 0 Å². The molecular weight excluding hydrogens is 392 g/mol. The average Bonchev–Trinajstić information content (AvgIpc) is 2.82. The molecule has 1 aliphatic carbocycles. The fourth-order valence-electron chi connectivity index (χ4n) is 2.90. The van der Waals surface area contributed by atoms with Crippen molar-refractivity contribution >= 4 is 29.3 Å². The van der Waals surface area contributed by atoms with Gasteiger partial charge in [0.2, 0.25) is 0 Å². The Bertz CT molecular complexity index is 952. The molecule has 2 aromatic carbocycles. The maximum absolute atomic E-state index is 14.2. The fraction of sp³-hybridized carbons (Fsp3) is 0.176. The number of halogens is 5. The van der Waals surface area contributed by atoms with Gasteiger partial charge in [0, 0.05) is 23.2 Å². The number of anilines is 1. The van der Waals surface area contributed by atoms with Crippen molar-refractivity contribution < 1.29 is 31.9 Å². The van der Waals surface area contributed by atoms with Gasteiger partial charge in [0.15, 0.2) is 6.10 Å². The van der Waals surface area contributed by atoms with E-state index in [1.165, 1.54) is 6.07 Å². The first-order chi connectivity index (χ1) is 12.6. The Morgan fingerprint density at radius 3 is 2.48 bits per heavy atom. The lowest BCUT2D eigenvalue weighted by molar-refractivity contribution is -0.0998. The molecule has 0 spiro atoms. The zero-order chi connectivity index (χ0) is 19.9. The normalized spacial score (nSPS) is 17.3. The Kier molecular flexibility index (Phi) is 4.73. The van der Waals surface area contributed by atoms with E-state index in [0.29, 0.717) is 0 Å². The molecule has 0 radical (unpaired) electrons. The Morgan fingerprint density at radius 1 is 1.19 bits per heavy atom.